The number of amides is 2. The number of urea groups is 1. The van der Waals surface area contributed by atoms with Crippen molar-refractivity contribution in [2.75, 3.05) is 51.3 Å². The van der Waals surface area contributed by atoms with Crippen molar-refractivity contribution in [3.63, 3.8) is 0 Å². The molecule has 0 spiro atoms. The van der Waals surface area contributed by atoms with E-state index in [1.807, 2.05) is 34.5 Å². The number of carbonyl (C=O) groups is 1. The summed E-state index contributed by atoms with van der Waals surface area (Å²) in [7, 11) is 0. The Balaban J connectivity index is 1.30. The SMILES string of the molecule is O=C(Nc1nc(-c2cccnc2)cs1)N(CCC(c1ccccc1)c1ccccc1)CCN1CCOCC1. The number of thiazole rings is 1. The van der Waals surface area contributed by atoms with Crippen LogP contribution in [0.25, 0.3) is 11.3 Å². The molecular formula is C30H33N5O2S. The number of hydrogen-bond donors (Lipinski definition) is 1. The van der Waals surface area contributed by atoms with Gasteiger partial charge in [-0.1, -0.05) is 60.7 Å². The number of hydrogen-bond acceptors (Lipinski definition) is 6. The van der Waals surface area contributed by atoms with Gasteiger partial charge in [-0.2, -0.15) is 0 Å². The first kappa shape index (κ1) is 26.0. The summed E-state index contributed by atoms with van der Waals surface area (Å²) >= 11 is 1.43. The summed E-state index contributed by atoms with van der Waals surface area (Å²) in [5, 5.41) is 5.59. The molecular weight excluding hydrogens is 494 g/mol. The quantitative estimate of drug-likeness (QED) is 0.291. The van der Waals surface area contributed by atoms with E-state index >= 15 is 0 Å². The summed E-state index contributed by atoms with van der Waals surface area (Å²) in [6.07, 6.45) is 4.34. The van der Waals surface area contributed by atoms with E-state index in [9.17, 15) is 4.79 Å². The molecule has 0 unspecified atom stereocenters. The van der Waals surface area contributed by atoms with Gasteiger partial charge in [0, 0.05) is 62.0 Å². The van der Waals surface area contributed by atoms with Gasteiger partial charge in [0.2, 0.25) is 0 Å². The maximum atomic E-state index is 13.5. The van der Waals surface area contributed by atoms with E-state index in [0.717, 1.165) is 50.5 Å². The van der Waals surface area contributed by atoms with E-state index in [0.29, 0.717) is 18.2 Å². The van der Waals surface area contributed by atoms with E-state index in [4.69, 9.17) is 4.74 Å². The van der Waals surface area contributed by atoms with Gasteiger partial charge in [0.05, 0.1) is 18.9 Å². The van der Waals surface area contributed by atoms with Gasteiger partial charge in [0.1, 0.15) is 0 Å². The van der Waals surface area contributed by atoms with Crippen LogP contribution >= 0.6 is 11.3 Å². The first-order valence-corrected chi connectivity index (χ1v) is 14.0. The third-order valence-corrected chi connectivity index (χ3v) is 7.60. The molecule has 0 radical (unpaired) electrons. The number of pyridine rings is 1. The van der Waals surface area contributed by atoms with Gasteiger partial charge >= 0.3 is 6.03 Å². The molecule has 2 aromatic heterocycles. The molecule has 1 saturated heterocycles. The van der Waals surface area contributed by atoms with Crippen LogP contribution in [0, 0.1) is 0 Å². The van der Waals surface area contributed by atoms with Crippen molar-refractivity contribution < 1.29 is 9.53 Å². The van der Waals surface area contributed by atoms with Gasteiger partial charge in [-0.05, 0) is 29.7 Å². The summed E-state index contributed by atoms with van der Waals surface area (Å²) < 4.78 is 5.50. The Hall–Kier alpha value is -3.59. The predicted molar refractivity (Wildman–Crippen MR) is 153 cm³/mol. The fraction of sp³-hybridized carbons (Fsp3) is 0.300. The highest BCUT2D eigenvalue weighted by molar-refractivity contribution is 7.14. The number of aromatic nitrogens is 2. The van der Waals surface area contributed by atoms with Crippen LogP contribution in [0.5, 0.6) is 0 Å². The monoisotopic (exact) mass is 527 g/mol. The molecule has 2 aromatic carbocycles. The molecule has 5 rings (SSSR count). The minimum Gasteiger partial charge on any atom is -0.379 e. The highest BCUT2D eigenvalue weighted by atomic mass is 32.1. The van der Waals surface area contributed by atoms with Gasteiger partial charge in [-0.25, -0.2) is 9.78 Å². The Bertz CT molecular complexity index is 1220. The van der Waals surface area contributed by atoms with Crippen LogP contribution < -0.4 is 5.32 Å². The van der Waals surface area contributed by atoms with E-state index in [1.165, 1.54) is 22.5 Å². The number of morpholine rings is 1. The number of rotatable bonds is 10. The van der Waals surface area contributed by atoms with Crippen molar-refractivity contribution in [1.29, 1.82) is 0 Å². The van der Waals surface area contributed by atoms with Crippen LogP contribution in [0.2, 0.25) is 0 Å². The molecule has 1 aliphatic rings. The molecule has 196 valence electrons. The molecule has 8 heteroatoms. The van der Waals surface area contributed by atoms with Crippen molar-refractivity contribution in [2.45, 2.75) is 12.3 Å². The Morgan fingerprint density at radius 3 is 2.34 bits per heavy atom. The smallest absolute Gasteiger partial charge is 0.323 e. The zero-order valence-electron chi connectivity index (χ0n) is 21.4. The largest absolute Gasteiger partial charge is 0.379 e. The first-order valence-electron chi connectivity index (χ1n) is 13.1. The summed E-state index contributed by atoms with van der Waals surface area (Å²) in [6.45, 7) is 5.37. The molecule has 3 heterocycles. The third kappa shape index (κ3) is 7.04. The van der Waals surface area contributed by atoms with E-state index in [2.05, 4.69) is 68.7 Å². The fourth-order valence-electron chi connectivity index (χ4n) is 4.73. The second-order valence-corrected chi connectivity index (χ2v) is 10.2. The molecule has 7 nitrogen and oxygen atoms in total. The van der Waals surface area contributed by atoms with Crippen LogP contribution in [0.1, 0.15) is 23.5 Å². The third-order valence-electron chi connectivity index (χ3n) is 6.84. The fourth-order valence-corrected chi connectivity index (χ4v) is 5.44. The van der Waals surface area contributed by atoms with Crippen LogP contribution in [-0.2, 0) is 4.74 Å². The van der Waals surface area contributed by atoms with E-state index < -0.39 is 0 Å². The average molecular weight is 528 g/mol. The lowest BCUT2D eigenvalue weighted by Crippen LogP contribution is -2.44. The molecule has 0 bridgehead atoms. The molecule has 38 heavy (non-hydrogen) atoms. The molecule has 0 saturated carbocycles. The predicted octanol–water partition coefficient (Wildman–Crippen LogP) is 5.59. The zero-order valence-corrected chi connectivity index (χ0v) is 22.2. The number of carbonyl (C=O) groups excluding carboxylic acids is 1. The highest BCUT2D eigenvalue weighted by Crippen LogP contribution is 2.29. The molecule has 1 aliphatic heterocycles. The van der Waals surface area contributed by atoms with Crippen LogP contribution in [0.4, 0.5) is 9.93 Å². The van der Waals surface area contributed by atoms with Crippen LogP contribution in [0.3, 0.4) is 0 Å². The summed E-state index contributed by atoms with van der Waals surface area (Å²) in [5.41, 5.74) is 4.26. The van der Waals surface area contributed by atoms with Crippen molar-refractivity contribution >= 4 is 22.5 Å². The topological polar surface area (TPSA) is 70.6 Å². The second-order valence-electron chi connectivity index (χ2n) is 9.31. The maximum absolute atomic E-state index is 13.5. The lowest BCUT2D eigenvalue weighted by molar-refractivity contribution is 0.0351. The van der Waals surface area contributed by atoms with Gasteiger partial charge in [0.25, 0.3) is 0 Å². The second kappa shape index (κ2) is 13.3. The normalized spacial score (nSPS) is 13.9. The number of nitrogens with one attached hydrogen (secondary N) is 1. The van der Waals surface area contributed by atoms with Crippen LogP contribution in [0.15, 0.2) is 90.6 Å². The van der Waals surface area contributed by atoms with Gasteiger partial charge in [-0.3, -0.25) is 15.2 Å². The van der Waals surface area contributed by atoms with E-state index in [1.54, 1.807) is 12.4 Å². The minimum atomic E-state index is -0.120. The summed E-state index contributed by atoms with van der Waals surface area (Å²) in [6, 6.07) is 24.8. The molecule has 1 fully saturated rings. The van der Waals surface area contributed by atoms with Gasteiger partial charge in [-0.15, -0.1) is 11.3 Å². The van der Waals surface area contributed by atoms with E-state index in [-0.39, 0.29) is 11.9 Å². The Morgan fingerprint density at radius 1 is 0.974 bits per heavy atom. The van der Waals surface area contributed by atoms with Gasteiger partial charge < -0.3 is 9.64 Å². The van der Waals surface area contributed by atoms with Crippen molar-refractivity contribution in [3.8, 4) is 11.3 Å². The standard InChI is InChI=1S/C30H33N5O2S/c36-30(33-29-32-28(23-38-29)26-12-7-14-31-22-26)35(17-16-34-18-20-37-21-19-34)15-13-27(24-8-3-1-4-9-24)25-10-5-2-6-11-25/h1-12,14,22-23,27H,13,15-21H2,(H,32,33,36). The summed E-state index contributed by atoms with van der Waals surface area (Å²) in [4.78, 5) is 26.6. The number of benzene rings is 2. The van der Waals surface area contributed by atoms with Crippen molar-refractivity contribution in [1.82, 2.24) is 19.8 Å². The minimum absolute atomic E-state index is 0.120. The average Bonchev–Trinajstić information content (AvgIpc) is 3.45. The zero-order chi connectivity index (χ0) is 26.0. The summed E-state index contributed by atoms with van der Waals surface area (Å²) in [5.74, 6) is 0.202. The number of ether oxygens (including phenoxy) is 1. The lowest BCUT2D eigenvalue weighted by atomic mass is 9.88. The maximum Gasteiger partial charge on any atom is 0.323 e. The Morgan fingerprint density at radius 2 is 1.68 bits per heavy atom. The lowest BCUT2D eigenvalue weighted by Gasteiger charge is -2.31. The molecule has 0 aliphatic carbocycles. The molecule has 4 aromatic rings. The van der Waals surface area contributed by atoms with Crippen LogP contribution in [-0.4, -0.2) is 71.7 Å². The Labute approximate surface area is 228 Å². The Kier molecular flexibility index (Phi) is 9.10. The van der Waals surface area contributed by atoms with Gasteiger partial charge in [0.15, 0.2) is 5.13 Å². The van der Waals surface area contributed by atoms with Crippen molar-refractivity contribution in [2.24, 2.45) is 0 Å². The molecule has 1 N–H and O–H groups in total. The molecule has 2 amide bonds. The molecule has 0 atom stereocenters. The number of anilines is 1. The number of nitrogens with zero attached hydrogens (tertiary/aromatic N) is 4. The first-order chi connectivity index (χ1) is 18.8. The van der Waals surface area contributed by atoms with Crippen molar-refractivity contribution in [3.05, 3.63) is 102 Å². The highest BCUT2D eigenvalue weighted by Gasteiger charge is 2.21.